The summed E-state index contributed by atoms with van der Waals surface area (Å²) >= 11 is 0. The molecule has 0 bridgehead atoms. The smallest absolute Gasteiger partial charge is 0.188 e. The average Bonchev–Trinajstić information content (AvgIpc) is 2.25. The molecule has 4 heteroatoms. The van der Waals surface area contributed by atoms with Crippen molar-refractivity contribution in [3.05, 3.63) is 0 Å². The van der Waals surface area contributed by atoms with Crippen LogP contribution in [0.2, 0.25) is 0 Å². The molecule has 3 N–H and O–H groups in total. The zero-order valence-electron chi connectivity index (χ0n) is 9.83. The first kappa shape index (κ1) is 12.3. The van der Waals surface area contributed by atoms with E-state index in [-0.39, 0.29) is 0 Å². The minimum atomic E-state index is 0.559. The number of guanidine groups is 1. The van der Waals surface area contributed by atoms with Crippen LogP contribution in [-0.2, 0) is 4.74 Å². The Kier molecular flexibility index (Phi) is 5.47. The van der Waals surface area contributed by atoms with Crippen molar-refractivity contribution in [2.45, 2.75) is 26.7 Å². The number of hydrogen-bond acceptors (Lipinski definition) is 2. The lowest BCUT2D eigenvalue weighted by Gasteiger charge is -2.22. The summed E-state index contributed by atoms with van der Waals surface area (Å²) in [5.41, 5.74) is 5.74. The molecule has 1 aliphatic heterocycles. The third kappa shape index (κ3) is 5.62. The predicted octanol–water partition coefficient (Wildman–Crippen LogP) is 0.973. The molecule has 1 unspecified atom stereocenters. The lowest BCUT2D eigenvalue weighted by molar-refractivity contribution is 0.0564. The molecule has 88 valence electrons. The molecule has 0 amide bonds. The van der Waals surface area contributed by atoms with Crippen LogP contribution in [0, 0.1) is 11.8 Å². The third-order valence-corrected chi connectivity index (χ3v) is 2.45. The summed E-state index contributed by atoms with van der Waals surface area (Å²) in [5, 5.41) is 3.16. The molecular formula is C11H23N3O. The van der Waals surface area contributed by atoms with Gasteiger partial charge in [0.25, 0.3) is 0 Å². The van der Waals surface area contributed by atoms with E-state index >= 15 is 0 Å². The second kappa shape index (κ2) is 6.67. The highest BCUT2D eigenvalue weighted by Gasteiger charge is 2.13. The van der Waals surface area contributed by atoms with Crippen LogP contribution >= 0.6 is 0 Å². The summed E-state index contributed by atoms with van der Waals surface area (Å²) in [6.45, 7) is 7.70. The molecule has 0 aromatic carbocycles. The van der Waals surface area contributed by atoms with Crippen molar-refractivity contribution in [2.24, 2.45) is 22.6 Å². The van der Waals surface area contributed by atoms with E-state index in [9.17, 15) is 0 Å². The molecule has 1 rings (SSSR count). The van der Waals surface area contributed by atoms with E-state index in [0.717, 1.165) is 32.7 Å². The molecule has 0 aromatic heterocycles. The van der Waals surface area contributed by atoms with E-state index < -0.39 is 0 Å². The lowest BCUT2D eigenvalue weighted by atomic mass is 10.0. The van der Waals surface area contributed by atoms with Gasteiger partial charge in [0, 0.05) is 19.7 Å². The molecule has 0 saturated carbocycles. The zero-order chi connectivity index (χ0) is 11.1. The molecular weight excluding hydrogens is 190 g/mol. The summed E-state index contributed by atoms with van der Waals surface area (Å²) in [6.07, 6.45) is 2.39. The fourth-order valence-electron chi connectivity index (χ4n) is 1.55. The summed E-state index contributed by atoms with van der Waals surface area (Å²) in [4.78, 5) is 4.25. The largest absolute Gasteiger partial charge is 0.381 e. The van der Waals surface area contributed by atoms with Gasteiger partial charge in [-0.15, -0.1) is 0 Å². The SMILES string of the molecule is CC(C)CN=C(N)NCC1CCCOC1. The van der Waals surface area contributed by atoms with Gasteiger partial charge in [-0.1, -0.05) is 13.8 Å². The molecule has 1 fully saturated rings. The van der Waals surface area contributed by atoms with Crippen molar-refractivity contribution in [1.29, 1.82) is 0 Å². The van der Waals surface area contributed by atoms with Gasteiger partial charge in [-0.3, -0.25) is 4.99 Å². The number of nitrogens with two attached hydrogens (primary N) is 1. The van der Waals surface area contributed by atoms with Gasteiger partial charge in [0.1, 0.15) is 0 Å². The van der Waals surface area contributed by atoms with Gasteiger partial charge in [0.05, 0.1) is 6.61 Å². The van der Waals surface area contributed by atoms with Gasteiger partial charge in [0.15, 0.2) is 5.96 Å². The van der Waals surface area contributed by atoms with Gasteiger partial charge < -0.3 is 15.8 Å². The van der Waals surface area contributed by atoms with Gasteiger partial charge in [-0.25, -0.2) is 0 Å². The maximum absolute atomic E-state index is 5.74. The molecule has 0 radical (unpaired) electrons. The molecule has 0 spiro atoms. The summed E-state index contributed by atoms with van der Waals surface area (Å²) in [6, 6.07) is 0. The van der Waals surface area contributed by atoms with Gasteiger partial charge in [0.2, 0.25) is 0 Å². The van der Waals surface area contributed by atoms with Crippen LogP contribution in [0.3, 0.4) is 0 Å². The van der Waals surface area contributed by atoms with Crippen molar-refractivity contribution in [2.75, 3.05) is 26.3 Å². The van der Waals surface area contributed by atoms with E-state index in [0.29, 0.717) is 17.8 Å². The lowest BCUT2D eigenvalue weighted by Crippen LogP contribution is -2.38. The minimum absolute atomic E-state index is 0.559. The maximum atomic E-state index is 5.74. The molecule has 4 nitrogen and oxygen atoms in total. The Balaban J connectivity index is 2.14. The topological polar surface area (TPSA) is 59.6 Å². The van der Waals surface area contributed by atoms with Crippen LogP contribution in [0.1, 0.15) is 26.7 Å². The Morgan fingerprint density at radius 3 is 3.00 bits per heavy atom. The molecule has 1 atom stereocenters. The Morgan fingerprint density at radius 2 is 2.40 bits per heavy atom. The molecule has 0 aromatic rings. The molecule has 1 aliphatic rings. The second-order valence-electron chi connectivity index (χ2n) is 4.58. The van der Waals surface area contributed by atoms with E-state index in [4.69, 9.17) is 10.5 Å². The highest BCUT2D eigenvalue weighted by molar-refractivity contribution is 5.77. The number of ether oxygens (including phenoxy) is 1. The van der Waals surface area contributed by atoms with E-state index in [1.54, 1.807) is 0 Å². The fraction of sp³-hybridized carbons (Fsp3) is 0.909. The number of hydrogen-bond donors (Lipinski definition) is 2. The normalized spacial score (nSPS) is 23.1. The van der Waals surface area contributed by atoms with Crippen LogP contribution in [0.25, 0.3) is 0 Å². The average molecular weight is 213 g/mol. The van der Waals surface area contributed by atoms with Crippen LogP contribution in [0.15, 0.2) is 4.99 Å². The Labute approximate surface area is 92.3 Å². The van der Waals surface area contributed by atoms with Gasteiger partial charge in [-0.05, 0) is 24.7 Å². The van der Waals surface area contributed by atoms with Crippen LogP contribution in [-0.4, -0.2) is 32.3 Å². The van der Waals surface area contributed by atoms with Crippen LogP contribution < -0.4 is 11.1 Å². The quantitative estimate of drug-likeness (QED) is 0.540. The Hall–Kier alpha value is -0.770. The summed E-state index contributed by atoms with van der Waals surface area (Å²) in [5.74, 6) is 1.71. The zero-order valence-corrected chi connectivity index (χ0v) is 9.83. The predicted molar refractivity (Wildman–Crippen MR) is 62.9 cm³/mol. The number of rotatable bonds is 4. The van der Waals surface area contributed by atoms with Crippen LogP contribution in [0.5, 0.6) is 0 Å². The van der Waals surface area contributed by atoms with E-state index in [1.165, 1.54) is 6.42 Å². The Morgan fingerprint density at radius 1 is 1.60 bits per heavy atom. The standard InChI is InChI=1S/C11H23N3O/c1-9(2)6-13-11(12)14-7-10-4-3-5-15-8-10/h9-10H,3-8H2,1-2H3,(H3,12,13,14). The van der Waals surface area contributed by atoms with Crippen molar-refractivity contribution in [1.82, 2.24) is 5.32 Å². The Bertz CT molecular complexity index is 198. The second-order valence-corrected chi connectivity index (χ2v) is 4.58. The highest BCUT2D eigenvalue weighted by atomic mass is 16.5. The molecule has 15 heavy (non-hydrogen) atoms. The number of nitrogens with zero attached hydrogens (tertiary/aromatic N) is 1. The van der Waals surface area contributed by atoms with Crippen molar-refractivity contribution in [3.63, 3.8) is 0 Å². The first-order valence-electron chi connectivity index (χ1n) is 5.80. The van der Waals surface area contributed by atoms with Gasteiger partial charge >= 0.3 is 0 Å². The van der Waals surface area contributed by atoms with Crippen molar-refractivity contribution < 1.29 is 4.74 Å². The van der Waals surface area contributed by atoms with E-state index in [2.05, 4.69) is 24.2 Å². The fourth-order valence-corrected chi connectivity index (χ4v) is 1.55. The first-order chi connectivity index (χ1) is 7.18. The number of nitrogens with one attached hydrogen (secondary N) is 1. The summed E-state index contributed by atoms with van der Waals surface area (Å²) < 4.78 is 5.39. The van der Waals surface area contributed by atoms with Crippen molar-refractivity contribution >= 4 is 5.96 Å². The first-order valence-corrected chi connectivity index (χ1v) is 5.80. The molecule has 1 heterocycles. The maximum Gasteiger partial charge on any atom is 0.188 e. The van der Waals surface area contributed by atoms with Crippen LogP contribution in [0.4, 0.5) is 0 Å². The highest BCUT2D eigenvalue weighted by Crippen LogP contribution is 2.11. The third-order valence-electron chi connectivity index (χ3n) is 2.45. The van der Waals surface area contributed by atoms with E-state index in [1.807, 2.05) is 0 Å². The monoisotopic (exact) mass is 213 g/mol. The van der Waals surface area contributed by atoms with Crippen molar-refractivity contribution in [3.8, 4) is 0 Å². The van der Waals surface area contributed by atoms with Gasteiger partial charge in [-0.2, -0.15) is 0 Å². The number of aliphatic imine (C=N–C) groups is 1. The molecule has 0 aliphatic carbocycles. The summed E-state index contributed by atoms with van der Waals surface area (Å²) in [7, 11) is 0. The minimum Gasteiger partial charge on any atom is -0.381 e. The molecule has 1 saturated heterocycles.